The number of fused-ring (bicyclic) bond motifs is 1. The number of methoxy groups -OCH3 is 1. The Hall–Kier alpha value is -2.75. The Labute approximate surface area is 122 Å². The van der Waals surface area contributed by atoms with E-state index in [-0.39, 0.29) is 5.97 Å². The molecule has 3 aromatic rings. The first kappa shape index (κ1) is 13.2. The number of hydrogen-bond donors (Lipinski definition) is 1. The van der Waals surface area contributed by atoms with Crippen molar-refractivity contribution in [1.29, 1.82) is 0 Å². The summed E-state index contributed by atoms with van der Waals surface area (Å²) < 4.78 is 10.5. The number of H-pyrrole nitrogens is 1. The van der Waals surface area contributed by atoms with E-state index in [4.69, 9.17) is 9.47 Å². The summed E-state index contributed by atoms with van der Waals surface area (Å²) in [5.41, 5.74) is 2.48. The molecule has 0 radical (unpaired) electrons. The SMILES string of the molecule is COC(=O)c1cccc(COc2ccc3cc[nH]c3c2)c1. The Morgan fingerprint density at radius 3 is 2.90 bits per heavy atom. The van der Waals surface area contributed by atoms with Crippen molar-refractivity contribution in [2.24, 2.45) is 0 Å². The van der Waals surface area contributed by atoms with Gasteiger partial charge in [-0.1, -0.05) is 12.1 Å². The monoisotopic (exact) mass is 281 g/mol. The summed E-state index contributed by atoms with van der Waals surface area (Å²) in [5.74, 6) is 0.443. The van der Waals surface area contributed by atoms with Gasteiger partial charge in [0, 0.05) is 17.8 Å². The molecule has 1 aromatic heterocycles. The van der Waals surface area contributed by atoms with E-state index in [0.717, 1.165) is 22.2 Å². The molecule has 0 aliphatic rings. The third-order valence-electron chi connectivity index (χ3n) is 3.28. The zero-order chi connectivity index (χ0) is 14.7. The molecule has 0 saturated heterocycles. The van der Waals surface area contributed by atoms with Crippen molar-refractivity contribution < 1.29 is 14.3 Å². The Morgan fingerprint density at radius 2 is 2.05 bits per heavy atom. The van der Waals surface area contributed by atoms with E-state index in [0.29, 0.717) is 12.2 Å². The molecule has 4 heteroatoms. The van der Waals surface area contributed by atoms with Gasteiger partial charge in [-0.2, -0.15) is 0 Å². The van der Waals surface area contributed by atoms with Crippen LogP contribution in [0.5, 0.6) is 5.75 Å². The molecule has 2 aromatic carbocycles. The second-order valence-electron chi connectivity index (χ2n) is 4.71. The molecule has 0 atom stereocenters. The lowest BCUT2D eigenvalue weighted by Crippen LogP contribution is -2.03. The van der Waals surface area contributed by atoms with Gasteiger partial charge in [-0.05, 0) is 41.3 Å². The number of nitrogens with one attached hydrogen (secondary N) is 1. The first-order valence-electron chi connectivity index (χ1n) is 6.63. The van der Waals surface area contributed by atoms with Gasteiger partial charge >= 0.3 is 5.97 Å². The maximum absolute atomic E-state index is 11.5. The molecule has 0 unspecified atom stereocenters. The first-order chi connectivity index (χ1) is 10.3. The van der Waals surface area contributed by atoms with Crippen molar-refractivity contribution in [3.8, 4) is 5.75 Å². The molecule has 0 amide bonds. The summed E-state index contributed by atoms with van der Waals surface area (Å²) in [7, 11) is 1.37. The van der Waals surface area contributed by atoms with Gasteiger partial charge < -0.3 is 14.5 Å². The van der Waals surface area contributed by atoms with E-state index in [1.54, 1.807) is 12.1 Å². The van der Waals surface area contributed by atoms with Gasteiger partial charge in [-0.15, -0.1) is 0 Å². The van der Waals surface area contributed by atoms with Crippen molar-refractivity contribution >= 4 is 16.9 Å². The van der Waals surface area contributed by atoms with Crippen LogP contribution in [0.2, 0.25) is 0 Å². The van der Waals surface area contributed by atoms with Gasteiger partial charge in [0.05, 0.1) is 12.7 Å². The number of carbonyl (C=O) groups excluding carboxylic acids is 1. The van der Waals surface area contributed by atoms with Gasteiger partial charge in [0.25, 0.3) is 0 Å². The Kier molecular flexibility index (Phi) is 3.60. The Morgan fingerprint density at radius 1 is 1.14 bits per heavy atom. The molecule has 1 heterocycles. The summed E-state index contributed by atoms with van der Waals surface area (Å²) in [4.78, 5) is 14.6. The number of carbonyl (C=O) groups is 1. The molecular formula is C17H15NO3. The fraction of sp³-hybridized carbons (Fsp3) is 0.118. The van der Waals surface area contributed by atoms with Crippen molar-refractivity contribution in [3.05, 3.63) is 65.9 Å². The third-order valence-corrected chi connectivity index (χ3v) is 3.28. The molecule has 3 rings (SSSR count). The molecule has 106 valence electrons. The molecule has 0 aliphatic heterocycles. The zero-order valence-electron chi connectivity index (χ0n) is 11.6. The number of esters is 1. The number of ether oxygens (including phenoxy) is 2. The highest BCUT2D eigenvalue weighted by molar-refractivity contribution is 5.89. The number of aromatic nitrogens is 1. The largest absolute Gasteiger partial charge is 0.489 e. The van der Waals surface area contributed by atoms with Crippen LogP contribution >= 0.6 is 0 Å². The summed E-state index contributed by atoms with van der Waals surface area (Å²) in [6.07, 6.45) is 1.90. The molecular weight excluding hydrogens is 266 g/mol. The van der Waals surface area contributed by atoms with Crippen LogP contribution in [0.15, 0.2) is 54.7 Å². The second kappa shape index (κ2) is 5.71. The number of hydrogen-bond acceptors (Lipinski definition) is 3. The predicted octanol–water partition coefficient (Wildman–Crippen LogP) is 3.53. The van der Waals surface area contributed by atoms with Gasteiger partial charge in [0.2, 0.25) is 0 Å². The Bertz CT molecular complexity index is 776. The highest BCUT2D eigenvalue weighted by atomic mass is 16.5. The van der Waals surface area contributed by atoms with E-state index in [2.05, 4.69) is 4.98 Å². The van der Waals surface area contributed by atoms with Crippen LogP contribution in [-0.4, -0.2) is 18.1 Å². The van der Waals surface area contributed by atoms with Crippen molar-refractivity contribution in [2.45, 2.75) is 6.61 Å². The van der Waals surface area contributed by atoms with Crippen LogP contribution in [0, 0.1) is 0 Å². The van der Waals surface area contributed by atoms with Crippen LogP contribution in [-0.2, 0) is 11.3 Å². The number of rotatable bonds is 4. The lowest BCUT2D eigenvalue weighted by atomic mass is 10.1. The standard InChI is InChI=1S/C17H15NO3/c1-20-17(19)14-4-2-3-12(9-14)11-21-15-6-5-13-7-8-18-16(13)10-15/h2-10,18H,11H2,1H3. The van der Waals surface area contributed by atoms with Crippen LogP contribution < -0.4 is 4.74 Å². The quantitative estimate of drug-likeness (QED) is 0.744. The minimum Gasteiger partial charge on any atom is -0.489 e. The summed E-state index contributed by atoms with van der Waals surface area (Å²) in [5, 5.41) is 1.15. The van der Waals surface area contributed by atoms with Crippen molar-refractivity contribution in [1.82, 2.24) is 4.98 Å². The number of aromatic amines is 1. The average Bonchev–Trinajstić information content (AvgIpc) is 3.00. The first-order valence-corrected chi connectivity index (χ1v) is 6.63. The summed E-state index contributed by atoms with van der Waals surface area (Å²) >= 11 is 0. The Balaban J connectivity index is 1.73. The van der Waals surface area contributed by atoms with E-state index in [1.165, 1.54) is 7.11 Å². The highest BCUT2D eigenvalue weighted by Gasteiger charge is 2.06. The zero-order valence-corrected chi connectivity index (χ0v) is 11.6. The summed E-state index contributed by atoms with van der Waals surface area (Å²) in [6, 6.07) is 15.1. The van der Waals surface area contributed by atoms with E-state index in [9.17, 15) is 4.79 Å². The molecule has 1 N–H and O–H groups in total. The molecule has 0 aliphatic carbocycles. The number of benzene rings is 2. The van der Waals surface area contributed by atoms with Gasteiger partial charge in [0.1, 0.15) is 12.4 Å². The van der Waals surface area contributed by atoms with E-state index in [1.807, 2.05) is 42.6 Å². The normalized spacial score (nSPS) is 10.5. The molecule has 21 heavy (non-hydrogen) atoms. The van der Waals surface area contributed by atoms with Crippen LogP contribution in [0.1, 0.15) is 15.9 Å². The highest BCUT2D eigenvalue weighted by Crippen LogP contribution is 2.20. The smallest absolute Gasteiger partial charge is 0.337 e. The van der Waals surface area contributed by atoms with Crippen LogP contribution in [0.4, 0.5) is 0 Å². The minimum atomic E-state index is -0.343. The van der Waals surface area contributed by atoms with Crippen molar-refractivity contribution in [2.75, 3.05) is 7.11 Å². The fourth-order valence-corrected chi connectivity index (χ4v) is 2.19. The summed E-state index contributed by atoms with van der Waals surface area (Å²) in [6.45, 7) is 0.400. The molecule has 0 bridgehead atoms. The second-order valence-corrected chi connectivity index (χ2v) is 4.71. The predicted molar refractivity (Wildman–Crippen MR) is 80.4 cm³/mol. The van der Waals surface area contributed by atoms with Crippen LogP contribution in [0.25, 0.3) is 10.9 Å². The maximum atomic E-state index is 11.5. The van der Waals surface area contributed by atoms with Gasteiger partial charge in [-0.3, -0.25) is 0 Å². The van der Waals surface area contributed by atoms with Crippen LogP contribution in [0.3, 0.4) is 0 Å². The average molecular weight is 281 g/mol. The third kappa shape index (κ3) is 2.89. The molecule has 4 nitrogen and oxygen atoms in total. The maximum Gasteiger partial charge on any atom is 0.337 e. The molecule has 0 saturated carbocycles. The van der Waals surface area contributed by atoms with Gasteiger partial charge in [-0.25, -0.2) is 4.79 Å². The van der Waals surface area contributed by atoms with E-state index >= 15 is 0 Å². The lowest BCUT2D eigenvalue weighted by Gasteiger charge is -2.07. The molecule has 0 spiro atoms. The van der Waals surface area contributed by atoms with Crippen molar-refractivity contribution in [3.63, 3.8) is 0 Å². The minimum absolute atomic E-state index is 0.343. The fourth-order valence-electron chi connectivity index (χ4n) is 2.19. The molecule has 0 fully saturated rings. The van der Waals surface area contributed by atoms with E-state index < -0.39 is 0 Å². The topological polar surface area (TPSA) is 51.3 Å². The van der Waals surface area contributed by atoms with Gasteiger partial charge in [0.15, 0.2) is 0 Å². The lowest BCUT2D eigenvalue weighted by molar-refractivity contribution is 0.0600.